The second-order valence-electron chi connectivity index (χ2n) is 6.21. The van der Waals surface area contributed by atoms with Crippen molar-refractivity contribution in [3.05, 3.63) is 59.7 Å². The maximum Gasteiger partial charge on any atom is 0.200 e. The van der Waals surface area contributed by atoms with Crippen LogP contribution in [-0.4, -0.2) is 41.1 Å². The van der Waals surface area contributed by atoms with Gasteiger partial charge in [-0.3, -0.25) is 9.79 Å². The minimum atomic E-state index is -0.642. The second kappa shape index (κ2) is 9.06. The molecular formula is C21H23NO4S. The predicted molar refractivity (Wildman–Crippen MR) is 108 cm³/mol. The molecule has 0 aliphatic carbocycles. The molecule has 6 heteroatoms. The van der Waals surface area contributed by atoms with Crippen molar-refractivity contribution in [1.29, 1.82) is 0 Å². The summed E-state index contributed by atoms with van der Waals surface area (Å²) in [5.74, 6) is 1.29. The third kappa shape index (κ3) is 5.11. The van der Waals surface area contributed by atoms with E-state index in [9.17, 15) is 9.90 Å². The number of hydrogen-bond acceptors (Lipinski definition) is 6. The molecule has 3 rings (SSSR count). The van der Waals surface area contributed by atoms with Gasteiger partial charge in [0.1, 0.15) is 11.5 Å². The number of hydrogen-bond donors (Lipinski definition) is 1. The molecule has 2 unspecified atom stereocenters. The lowest BCUT2D eigenvalue weighted by Gasteiger charge is -2.12. The Morgan fingerprint density at radius 3 is 2.41 bits per heavy atom. The van der Waals surface area contributed by atoms with E-state index < -0.39 is 5.56 Å². The van der Waals surface area contributed by atoms with E-state index in [1.807, 2.05) is 24.3 Å². The number of rotatable bonds is 8. The molecule has 142 valence electrons. The molecule has 0 saturated heterocycles. The van der Waals surface area contributed by atoms with Crippen molar-refractivity contribution in [2.24, 2.45) is 4.99 Å². The van der Waals surface area contributed by atoms with Gasteiger partial charge in [-0.1, -0.05) is 30.8 Å². The van der Waals surface area contributed by atoms with E-state index in [0.717, 1.165) is 24.1 Å². The second-order valence-corrected chi connectivity index (χ2v) is 7.48. The Balaban J connectivity index is 1.53. The molecule has 1 aliphatic rings. The Hall–Kier alpha value is -2.31. The van der Waals surface area contributed by atoms with Crippen LogP contribution in [0.3, 0.4) is 0 Å². The van der Waals surface area contributed by atoms with E-state index >= 15 is 0 Å². The van der Waals surface area contributed by atoms with Crippen molar-refractivity contribution in [3.63, 3.8) is 0 Å². The van der Waals surface area contributed by atoms with Gasteiger partial charge in [-0.2, -0.15) is 0 Å². The van der Waals surface area contributed by atoms with Gasteiger partial charge >= 0.3 is 0 Å². The Kier molecular flexibility index (Phi) is 6.53. The number of carbonyl (C=O) groups excluding carboxylic acids is 1. The highest BCUT2D eigenvalue weighted by atomic mass is 32.2. The predicted octanol–water partition coefficient (Wildman–Crippen LogP) is 3.74. The van der Waals surface area contributed by atoms with E-state index in [4.69, 9.17) is 9.47 Å². The fraction of sp³-hybridized carbons (Fsp3) is 0.333. The number of aliphatic imine (C=N–C) groups is 1. The first-order chi connectivity index (χ1) is 13.1. The fourth-order valence-electron chi connectivity index (χ4n) is 2.91. The van der Waals surface area contributed by atoms with Crippen molar-refractivity contribution in [1.82, 2.24) is 0 Å². The number of ketones is 1. The van der Waals surface area contributed by atoms with Crippen LogP contribution in [-0.2, 0) is 6.42 Å². The summed E-state index contributed by atoms with van der Waals surface area (Å²) in [6.07, 6.45) is 1.67. The zero-order valence-electron chi connectivity index (χ0n) is 15.4. The van der Waals surface area contributed by atoms with Crippen molar-refractivity contribution in [2.75, 3.05) is 13.7 Å². The Bertz CT molecular complexity index is 802. The fourth-order valence-corrected chi connectivity index (χ4v) is 4.07. The number of thioether (sulfide) groups is 1. The molecule has 2 atom stereocenters. The van der Waals surface area contributed by atoms with Crippen LogP contribution in [0.4, 0.5) is 0 Å². The minimum absolute atomic E-state index is 0.0109. The monoisotopic (exact) mass is 385 g/mol. The molecule has 27 heavy (non-hydrogen) atoms. The number of benzene rings is 2. The van der Waals surface area contributed by atoms with Gasteiger partial charge in [0.05, 0.1) is 12.4 Å². The van der Waals surface area contributed by atoms with Crippen LogP contribution in [0.15, 0.2) is 53.5 Å². The molecule has 0 radical (unpaired) electrons. The topological polar surface area (TPSA) is 68.1 Å². The third-order valence-electron chi connectivity index (χ3n) is 4.42. The smallest absolute Gasteiger partial charge is 0.200 e. The standard InChI is InChI=1S/C21H23NO4S/c1-3-18-20(27-21(24)22-18)12-14-4-8-17(9-5-14)26-13-19(23)15-6-10-16(25-2)11-7-15/h4-11,20-21,24H,3,12-13H2,1-2H3. The van der Waals surface area contributed by atoms with Gasteiger partial charge in [0.2, 0.25) is 0 Å². The lowest BCUT2D eigenvalue weighted by atomic mass is 10.1. The average molecular weight is 385 g/mol. The van der Waals surface area contributed by atoms with Gasteiger partial charge in [0.15, 0.2) is 18.0 Å². The molecule has 2 aromatic carbocycles. The Labute approximate surface area is 163 Å². The van der Waals surface area contributed by atoms with E-state index in [1.165, 1.54) is 11.8 Å². The quantitative estimate of drug-likeness (QED) is 0.701. The summed E-state index contributed by atoms with van der Waals surface area (Å²) in [5.41, 5.74) is 2.15. The van der Waals surface area contributed by atoms with E-state index in [1.54, 1.807) is 31.4 Å². The number of Topliss-reactive ketones (excluding diaryl/α,β-unsaturated/α-hetero) is 1. The summed E-state index contributed by atoms with van der Waals surface area (Å²) in [6, 6.07) is 14.7. The molecule has 2 aromatic rings. The van der Waals surface area contributed by atoms with Crippen molar-refractivity contribution in [2.45, 2.75) is 30.6 Å². The number of nitrogens with zero attached hydrogens (tertiary/aromatic N) is 1. The molecule has 0 fully saturated rings. The van der Waals surface area contributed by atoms with Crippen LogP contribution in [0.1, 0.15) is 29.3 Å². The molecule has 1 heterocycles. The van der Waals surface area contributed by atoms with E-state index in [-0.39, 0.29) is 17.6 Å². The summed E-state index contributed by atoms with van der Waals surface area (Å²) >= 11 is 1.48. The highest BCUT2D eigenvalue weighted by Crippen LogP contribution is 2.30. The first-order valence-electron chi connectivity index (χ1n) is 8.88. The first-order valence-corrected chi connectivity index (χ1v) is 9.82. The van der Waals surface area contributed by atoms with Gasteiger partial charge < -0.3 is 14.6 Å². The molecule has 0 saturated carbocycles. The van der Waals surface area contributed by atoms with E-state index in [2.05, 4.69) is 11.9 Å². The van der Waals surface area contributed by atoms with Gasteiger partial charge in [0, 0.05) is 11.3 Å². The molecule has 0 spiro atoms. The van der Waals surface area contributed by atoms with Crippen molar-refractivity contribution < 1.29 is 19.4 Å². The number of ether oxygens (including phenoxy) is 2. The zero-order chi connectivity index (χ0) is 19.2. The van der Waals surface area contributed by atoms with Crippen molar-refractivity contribution in [3.8, 4) is 11.5 Å². The molecule has 0 amide bonds. The number of methoxy groups -OCH3 is 1. The number of aliphatic hydroxyl groups excluding tert-OH is 1. The summed E-state index contributed by atoms with van der Waals surface area (Å²) in [6.45, 7) is 2.05. The number of aliphatic hydroxyl groups is 1. The zero-order valence-corrected chi connectivity index (χ0v) is 16.2. The van der Waals surface area contributed by atoms with Crippen LogP contribution in [0.25, 0.3) is 0 Å². The van der Waals surface area contributed by atoms with Crippen LogP contribution in [0.5, 0.6) is 11.5 Å². The molecule has 1 N–H and O–H groups in total. The molecular weight excluding hydrogens is 362 g/mol. The Morgan fingerprint density at radius 2 is 1.78 bits per heavy atom. The van der Waals surface area contributed by atoms with Crippen molar-refractivity contribution >= 4 is 23.3 Å². The van der Waals surface area contributed by atoms with Gasteiger partial charge in [-0.25, -0.2) is 0 Å². The summed E-state index contributed by atoms with van der Waals surface area (Å²) in [7, 11) is 1.59. The van der Waals surface area contributed by atoms with Gasteiger partial charge in [-0.15, -0.1) is 0 Å². The summed E-state index contributed by atoms with van der Waals surface area (Å²) in [5, 5.41) is 9.90. The van der Waals surface area contributed by atoms with Crippen LogP contribution < -0.4 is 9.47 Å². The van der Waals surface area contributed by atoms with Gasteiger partial charge in [0.25, 0.3) is 0 Å². The Morgan fingerprint density at radius 1 is 1.11 bits per heavy atom. The lowest BCUT2D eigenvalue weighted by Crippen LogP contribution is -2.15. The molecule has 1 aliphatic heterocycles. The van der Waals surface area contributed by atoms with Crippen LogP contribution >= 0.6 is 11.8 Å². The molecule has 5 nitrogen and oxygen atoms in total. The normalized spacial score (nSPS) is 18.9. The first kappa shape index (κ1) is 19.5. The SMILES string of the molecule is CCC1=NC(O)SC1Cc1ccc(OCC(=O)c2ccc(OC)cc2)cc1. The molecule has 0 aromatic heterocycles. The van der Waals surface area contributed by atoms with E-state index in [0.29, 0.717) is 17.1 Å². The highest BCUT2D eigenvalue weighted by Gasteiger charge is 2.26. The lowest BCUT2D eigenvalue weighted by molar-refractivity contribution is 0.0921. The minimum Gasteiger partial charge on any atom is -0.497 e. The summed E-state index contributed by atoms with van der Waals surface area (Å²) in [4.78, 5) is 16.5. The van der Waals surface area contributed by atoms with Crippen LogP contribution in [0, 0.1) is 0 Å². The van der Waals surface area contributed by atoms with Crippen LogP contribution in [0.2, 0.25) is 0 Å². The maximum atomic E-state index is 12.2. The average Bonchev–Trinajstić information content (AvgIpc) is 3.06. The largest absolute Gasteiger partial charge is 0.497 e. The highest BCUT2D eigenvalue weighted by molar-refractivity contribution is 8.01. The third-order valence-corrected chi connectivity index (χ3v) is 5.54. The van der Waals surface area contributed by atoms with Gasteiger partial charge in [-0.05, 0) is 54.8 Å². The molecule has 0 bridgehead atoms. The maximum absolute atomic E-state index is 12.2. The summed E-state index contributed by atoms with van der Waals surface area (Å²) < 4.78 is 10.7. The number of carbonyl (C=O) groups is 1.